The van der Waals surface area contributed by atoms with Crippen LogP contribution in [0.25, 0.3) is 0 Å². The Hall–Kier alpha value is -1.89. The summed E-state index contributed by atoms with van der Waals surface area (Å²) in [6, 6.07) is 6.49. The number of urea groups is 1. The van der Waals surface area contributed by atoms with E-state index in [1.165, 1.54) is 11.3 Å². The minimum absolute atomic E-state index is 0.369. The first-order valence-corrected chi connectivity index (χ1v) is 8.95. The highest BCUT2D eigenvalue weighted by atomic mass is 35.5. The van der Waals surface area contributed by atoms with E-state index in [4.69, 9.17) is 11.6 Å². The van der Waals surface area contributed by atoms with Crippen LogP contribution in [-0.4, -0.2) is 30.3 Å². The molecule has 2 heterocycles. The highest BCUT2D eigenvalue weighted by Crippen LogP contribution is 2.36. The van der Waals surface area contributed by atoms with Gasteiger partial charge in [-0.2, -0.15) is 0 Å². The van der Waals surface area contributed by atoms with Crippen molar-refractivity contribution in [1.29, 1.82) is 0 Å². The summed E-state index contributed by atoms with van der Waals surface area (Å²) in [6.45, 7) is 4.88. The summed E-state index contributed by atoms with van der Waals surface area (Å²) in [4.78, 5) is 27.2. The molecule has 5 nitrogen and oxygen atoms in total. The number of halogens is 1. The minimum Gasteiger partial charge on any atom is -0.308 e. The molecule has 0 aliphatic carbocycles. The SMILES string of the molecule is CCN1CCc2c(sc(NC(=O)Nc3ccc(Cl)cc3)c2C=O)C1. The van der Waals surface area contributed by atoms with Crippen LogP contribution >= 0.6 is 22.9 Å². The molecule has 0 atom stereocenters. The Morgan fingerprint density at radius 3 is 2.75 bits per heavy atom. The van der Waals surface area contributed by atoms with Gasteiger partial charge in [0.1, 0.15) is 5.00 Å². The lowest BCUT2D eigenvalue weighted by Crippen LogP contribution is -2.29. The molecule has 0 fully saturated rings. The van der Waals surface area contributed by atoms with E-state index in [9.17, 15) is 9.59 Å². The van der Waals surface area contributed by atoms with Crippen molar-refractivity contribution in [3.05, 3.63) is 45.3 Å². The first-order valence-electron chi connectivity index (χ1n) is 7.76. The fraction of sp³-hybridized carbons (Fsp3) is 0.294. The van der Waals surface area contributed by atoms with Crippen LogP contribution in [-0.2, 0) is 13.0 Å². The van der Waals surface area contributed by atoms with Crippen molar-refractivity contribution in [2.75, 3.05) is 23.7 Å². The van der Waals surface area contributed by atoms with Gasteiger partial charge in [0, 0.05) is 28.7 Å². The predicted octanol–water partition coefficient (Wildman–Crippen LogP) is 4.24. The molecular weight excluding hydrogens is 346 g/mol. The number of rotatable bonds is 4. The summed E-state index contributed by atoms with van der Waals surface area (Å²) in [5.74, 6) is 0. The molecule has 126 valence electrons. The van der Waals surface area contributed by atoms with Crippen molar-refractivity contribution in [2.45, 2.75) is 19.9 Å². The highest BCUT2D eigenvalue weighted by molar-refractivity contribution is 7.16. The van der Waals surface area contributed by atoms with Gasteiger partial charge in [-0.25, -0.2) is 4.79 Å². The van der Waals surface area contributed by atoms with E-state index in [0.717, 1.165) is 42.8 Å². The Morgan fingerprint density at radius 1 is 1.33 bits per heavy atom. The number of thiophene rings is 1. The topological polar surface area (TPSA) is 61.4 Å². The maximum Gasteiger partial charge on any atom is 0.324 e. The number of nitrogens with one attached hydrogen (secondary N) is 2. The number of carbonyl (C=O) groups is 2. The van der Waals surface area contributed by atoms with E-state index in [0.29, 0.717) is 21.3 Å². The smallest absolute Gasteiger partial charge is 0.308 e. The molecule has 3 rings (SSSR count). The molecule has 1 aliphatic heterocycles. The van der Waals surface area contributed by atoms with Crippen LogP contribution < -0.4 is 10.6 Å². The Balaban J connectivity index is 1.75. The van der Waals surface area contributed by atoms with E-state index >= 15 is 0 Å². The van der Waals surface area contributed by atoms with E-state index in [2.05, 4.69) is 22.5 Å². The first-order chi connectivity index (χ1) is 11.6. The molecule has 0 unspecified atom stereocenters. The van der Waals surface area contributed by atoms with E-state index < -0.39 is 0 Å². The van der Waals surface area contributed by atoms with Crippen molar-refractivity contribution in [2.24, 2.45) is 0 Å². The normalized spacial score (nSPS) is 14.1. The second-order valence-corrected chi connectivity index (χ2v) is 7.11. The zero-order valence-corrected chi connectivity index (χ0v) is 14.8. The van der Waals surface area contributed by atoms with Gasteiger partial charge in [-0.3, -0.25) is 15.0 Å². The van der Waals surface area contributed by atoms with Crippen molar-refractivity contribution in [3.8, 4) is 0 Å². The summed E-state index contributed by atoms with van der Waals surface area (Å²) in [5.41, 5.74) is 2.32. The molecule has 2 N–H and O–H groups in total. The Bertz CT molecular complexity index is 758. The standard InChI is InChI=1S/C17H18ClN3O2S/c1-2-21-8-7-13-14(10-22)16(24-15(13)9-21)20-17(23)19-12-5-3-11(18)4-6-12/h3-6,10H,2,7-9H2,1H3,(H2,19,20,23). The minimum atomic E-state index is -0.369. The number of nitrogens with zero attached hydrogens (tertiary/aromatic N) is 1. The van der Waals surface area contributed by atoms with Crippen molar-refractivity contribution < 1.29 is 9.59 Å². The molecule has 2 aromatic rings. The van der Waals surface area contributed by atoms with Crippen LogP contribution in [0.3, 0.4) is 0 Å². The van der Waals surface area contributed by atoms with Crippen LogP contribution in [0.4, 0.5) is 15.5 Å². The average Bonchev–Trinajstić information content (AvgIpc) is 2.92. The van der Waals surface area contributed by atoms with Crippen LogP contribution in [0.2, 0.25) is 5.02 Å². The summed E-state index contributed by atoms with van der Waals surface area (Å²) in [5, 5.41) is 6.76. The van der Waals surface area contributed by atoms with Gasteiger partial charge in [-0.05, 0) is 42.8 Å². The number of hydrogen-bond acceptors (Lipinski definition) is 4. The van der Waals surface area contributed by atoms with E-state index in [1.54, 1.807) is 24.3 Å². The molecule has 0 saturated carbocycles. The Labute approximate surface area is 149 Å². The number of likely N-dealkylation sites (N-methyl/N-ethyl adjacent to an activating group) is 1. The number of hydrogen-bond donors (Lipinski definition) is 2. The maximum atomic E-state index is 12.2. The third-order valence-electron chi connectivity index (χ3n) is 4.07. The fourth-order valence-corrected chi connectivity index (χ4v) is 4.15. The van der Waals surface area contributed by atoms with Crippen molar-refractivity contribution in [1.82, 2.24) is 4.90 Å². The van der Waals surface area contributed by atoms with Gasteiger partial charge in [0.2, 0.25) is 0 Å². The second-order valence-electron chi connectivity index (χ2n) is 5.57. The molecule has 1 aromatic carbocycles. The molecule has 0 spiro atoms. The summed E-state index contributed by atoms with van der Waals surface area (Å²) in [6.07, 6.45) is 1.68. The number of benzene rings is 1. The monoisotopic (exact) mass is 363 g/mol. The fourth-order valence-electron chi connectivity index (χ4n) is 2.77. The lowest BCUT2D eigenvalue weighted by molar-refractivity contribution is 0.112. The lowest BCUT2D eigenvalue weighted by Gasteiger charge is -2.25. The van der Waals surface area contributed by atoms with Crippen molar-refractivity contribution in [3.63, 3.8) is 0 Å². The quantitative estimate of drug-likeness (QED) is 0.799. The van der Waals surface area contributed by atoms with Gasteiger partial charge in [0.05, 0.1) is 5.56 Å². The molecule has 7 heteroatoms. The van der Waals surface area contributed by atoms with Gasteiger partial charge in [-0.1, -0.05) is 18.5 Å². The number of aldehydes is 1. The van der Waals surface area contributed by atoms with Crippen LogP contribution in [0.1, 0.15) is 27.7 Å². The molecule has 1 aliphatic rings. The van der Waals surface area contributed by atoms with Gasteiger partial charge in [0.15, 0.2) is 6.29 Å². The maximum absolute atomic E-state index is 12.2. The van der Waals surface area contributed by atoms with Crippen molar-refractivity contribution >= 4 is 45.9 Å². The van der Waals surface area contributed by atoms with E-state index in [1.807, 2.05) is 0 Å². The zero-order chi connectivity index (χ0) is 17.1. The number of anilines is 2. The molecule has 1 aromatic heterocycles. The number of carbonyl (C=O) groups excluding carboxylic acids is 2. The molecule has 24 heavy (non-hydrogen) atoms. The lowest BCUT2D eigenvalue weighted by atomic mass is 10.0. The Morgan fingerprint density at radius 2 is 2.08 bits per heavy atom. The predicted molar refractivity (Wildman–Crippen MR) is 98.5 cm³/mol. The largest absolute Gasteiger partial charge is 0.324 e. The van der Waals surface area contributed by atoms with Gasteiger partial charge in [0.25, 0.3) is 0 Å². The summed E-state index contributed by atoms with van der Waals surface area (Å²) >= 11 is 7.31. The van der Waals surface area contributed by atoms with E-state index in [-0.39, 0.29) is 6.03 Å². The third kappa shape index (κ3) is 3.61. The highest BCUT2D eigenvalue weighted by Gasteiger charge is 2.24. The molecule has 2 amide bonds. The van der Waals surface area contributed by atoms with Gasteiger partial charge >= 0.3 is 6.03 Å². The number of fused-ring (bicyclic) bond motifs is 1. The third-order valence-corrected chi connectivity index (χ3v) is 5.47. The number of amides is 2. The summed E-state index contributed by atoms with van der Waals surface area (Å²) in [7, 11) is 0. The van der Waals surface area contributed by atoms with Gasteiger partial charge in [-0.15, -0.1) is 11.3 Å². The molecular formula is C17H18ClN3O2S. The molecule has 0 saturated heterocycles. The van der Waals surface area contributed by atoms with Gasteiger partial charge < -0.3 is 5.32 Å². The Kier molecular flexibility index (Phi) is 5.18. The van der Waals surface area contributed by atoms with Crippen LogP contribution in [0, 0.1) is 0 Å². The molecule has 0 bridgehead atoms. The zero-order valence-electron chi connectivity index (χ0n) is 13.3. The summed E-state index contributed by atoms with van der Waals surface area (Å²) < 4.78 is 0. The average molecular weight is 364 g/mol. The second kappa shape index (κ2) is 7.34. The van der Waals surface area contributed by atoms with Crippen LogP contribution in [0.5, 0.6) is 0 Å². The first kappa shape index (κ1) is 17.0. The molecule has 0 radical (unpaired) electrons. The van der Waals surface area contributed by atoms with Crippen LogP contribution in [0.15, 0.2) is 24.3 Å².